The zero-order valence-corrected chi connectivity index (χ0v) is 9.23. The largest absolute Gasteiger partial charge is 0.385 e. The minimum Gasteiger partial charge on any atom is -0.385 e. The molecule has 1 rings (SSSR count). The summed E-state index contributed by atoms with van der Waals surface area (Å²) in [5.41, 5.74) is 0.593. The van der Waals surface area contributed by atoms with Crippen LogP contribution in [0.5, 0.6) is 0 Å². The van der Waals surface area contributed by atoms with Gasteiger partial charge in [0.15, 0.2) is 0 Å². The van der Waals surface area contributed by atoms with E-state index in [0.29, 0.717) is 11.6 Å². The van der Waals surface area contributed by atoms with E-state index >= 15 is 0 Å². The van der Waals surface area contributed by atoms with Gasteiger partial charge in [-0.25, -0.2) is 0 Å². The molecule has 0 saturated carbocycles. The quantitative estimate of drug-likeness (QED) is 0.623. The van der Waals surface area contributed by atoms with Crippen LogP contribution in [0.2, 0.25) is 0 Å². The van der Waals surface area contributed by atoms with E-state index < -0.39 is 4.92 Å². The molecular weight excluding hydrogens is 206 g/mol. The predicted octanol–water partition coefficient (Wildman–Crippen LogP) is 2.53. The van der Waals surface area contributed by atoms with Gasteiger partial charge in [0.1, 0.15) is 11.6 Å². The van der Waals surface area contributed by atoms with Gasteiger partial charge in [-0.05, 0) is 18.1 Å². The Labute approximate surface area is 93.9 Å². The van der Waals surface area contributed by atoms with Gasteiger partial charge in [-0.1, -0.05) is 13.8 Å². The van der Waals surface area contributed by atoms with Crippen LogP contribution in [-0.4, -0.2) is 11.5 Å². The van der Waals surface area contributed by atoms with Gasteiger partial charge >= 0.3 is 0 Å². The molecule has 0 spiro atoms. The fraction of sp³-hybridized carbons (Fsp3) is 0.364. The topological polar surface area (TPSA) is 79.0 Å². The second-order valence-corrected chi connectivity index (χ2v) is 3.88. The van der Waals surface area contributed by atoms with Crippen molar-refractivity contribution in [3.63, 3.8) is 0 Å². The van der Waals surface area contributed by atoms with Gasteiger partial charge in [0.05, 0.1) is 4.92 Å². The Morgan fingerprint density at radius 1 is 1.56 bits per heavy atom. The highest BCUT2D eigenvalue weighted by atomic mass is 16.6. The van der Waals surface area contributed by atoms with Crippen molar-refractivity contribution in [3.8, 4) is 6.07 Å². The molecule has 1 aromatic rings. The van der Waals surface area contributed by atoms with Crippen LogP contribution in [0, 0.1) is 27.4 Å². The molecule has 1 N–H and O–H groups in total. The number of nitro groups is 1. The molecule has 5 heteroatoms. The first-order chi connectivity index (χ1) is 7.54. The number of rotatable bonds is 4. The molecule has 0 aromatic heterocycles. The predicted molar refractivity (Wildman–Crippen MR) is 61.1 cm³/mol. The van der Waals surface area contributed by atoms with Gasteiger partial charge in [0.25, 0.3) is 5.69 Å². The van der Waals surface area contributed by atoms with Crippen molar-refractivity contribution in [1.29, 1.82) is 5.26 Å². The molecule has 0 radical (unpaired) electrons. The molecule has 0 bridgehead atoms. The monoisotopic (exact) mass is 219 g/mol. The van der Waals surface area contributed by atoms with Crippen LogP contribution in [-0.2, 0) is 0 Å². The van der Waals surface area contributed by atoms with E-state index in [1.165, 1.54) is 12.1 Å². The number of nitrogens with one attached hydrogen (secondary N) is 1. The van der Waals surface area contributed by atoms with Crippen LogP contribution >= 0.6 is 0 Å². The Bertz CT molecular complexity index is 435. The molecule has 84 valence electrons. The van der Waals surface area contributed by atoms with Crippen molar-refractivity contribution in [1.82, 2.24) is 0 Å². The molecule has 0 atom stereocenters. The van der Waals surface area contributed by atoms with Crippen LogP contribution in [0.4, 0.5) is 11.4 Å². The maximum Gasteiger partial charge on any atom is 0.289 e. The number of nitriles is 1. The third-order valence-corrected chi connectivity index (χ3v) is 2.03. The van der Waals surface area contributed by atoms with Crippen LogP contribution in [0.15, 0.2) is 18.2 Å². The average molecular weight is 219 g/mol. The van der Waals surface area contributed by atoms with E-state index in [-0.39, 0.29) is 11.3 Å². The lowest BCUT2D eigenvalue weighted by Gasteiger charge is -2.08. The molecule has 0 aliphatic carbocycles. The van der Waals surface area contributed by atoms with E-state index in [4.69, 9.17) is 5.26 Å². The zero-order valence-electron chi connectivity index (χ0n) is 9.23. The molecule has 1 aromatic carbocycles. The Balaban J connectivity index is 2.95. The Morgan fingerprint density at radius 2 is 2.25 bits per heavy atom. The fourth-order valence-electron chi connectivity index (χ4n) is 1.21. The number of hydrogen-bond donors (Lipinski definition) is 1. The summed E-state index contributed by atoms with van der Waals surface area (Å²) in [7, 11) is 0. The number of nitrogens with zero attached hydrogens (tertiary/aromatic N) is 2. The summed E-state index contributed by atoms with van der Waals surface area (Å²) in [5.74, 6) is 0.453. The highest BCUT2D eigenvalue weighted by Crippen LogP contribution is 2.22. The molecule has 0 aliphatic heterocycles. The second kappa shape index (κ2) is 5.12. The van der Waals surface area contributed by atoms with E-state index in [1.54, 1.807) is 12.1 Å². The summed E-state index contributed by atoms with van der Waals surface area (Å²) in [4.78, 5) is 10.2. The maximum atomic E-state index is 10.7. The first kappa shape index (κ1) is 12.0. The van der Waals surface area contributed by atoms with E-state index in [2.05, 4.69) is 5.32 Å². The van der Waals surface area contributed by atoms with Crippen LogP contribution < -0.4 is 5.32 Å². The summed E-state index contributed by atoms with van der Waals surface area (Å²) >= 11 is 0. The molecule has 0 amide bonds. The van der Waals surface area contributed by atoms with Crippen molar-refractivity contribution in [3.05, 3.63) is 33.9 Å². The third-order valence-electron chi connectivity index (χ3n) is 2.03. The van der Waals surface area contributed by atoms with E-state index in [1.807, 2.05) is 13.8 Å². The van der Waals surface area contributed by atoms with Gasteiger partial charge < -0.3 is 5.32 Å². The van der Waals surface area contributed by atoms with Crippen molar-refractivity contribution < 1.29 is 4.92 Å². The van der Waals surface area contributed by atoms with Crippen molar-refractivity contribution in [2.24, 2.45) is 5.92 Å². The zero-order chi connectivity index (χ0) is 12.1. The summed E-state index contributed by atoms with van der Waals surface area (Å²) in [5, 5.41) is 22.5. The van der Waals surface area contributed by atoms with Crippen LogP contribution in [0.3, 0.4) is 0 Å². The highest BCUT2D eigenvalue weighted by Gasteiger charge is 2.13. The van der Waals surface area contributed by atoms with E-state index in [9.17, 15) is 10.1 Å². The number of hydrogen-bond acceptors (Lipinski definition) is 4. The van der Waals surface area contributed by atoms with Crippen LogP contribution in [0.1, 0.15) is 19.4 Å². The van der Waals surface area contributed by atoms with Crippen molar-refractivity contribution in [2.45, 2.75) is 13.8 Å². The number of nitro benzene ring substituents is 1. The Hall–Kier alpha value is -2.09. The molecule has 0 fully saturated rings. The van der Waals surface area contributed by atoms with Gasteiger partial charge in [0.2, 0.25) is 0 Å². The minimum atomic E-state index is -0.543. The lowest BCUT2D eigenvalue weighted by Crippen LogP contribution is -2.08. The van der Waals surface area contributed by atoms with Crippen molar-refractivity contribution >= 4 is 11.4 Å². The van der Waals surface area contributed by atoms with Gasteiger partial charge in [-0.3, -0.25) is 10.1 Å². The SMILES string of the molecule is CC(C)CNc1ccc(C#N)c([N+](=O)[O-])c1. The second-order valence-electron chi connectivity index (χ2n) is 3.88. The Kier molecular flexibility index (Phi) is 3.84. The van der Waals surface area contributed by atoms with Crippen LogP contribution in [0.25, 0.3) is 0 Å². The molecule has 0 unspecified atom stereocenters. The summed E-state index contributed by atoms with van der Waals surface area (Å²) in [6, 6.07) is 6.32. The first-order valence-electron chi connectivity index (χ1n) is 4.97. The molecule has 0 heterocycles. The van der Waals surface area contributed by atoms with E-state index in [0.717, 1.165) is 6.54 Å². The normalized spacial score (nSPS) is 9.88. The number of benzene rings is 1. The highest BCUT2D eigenvalue weighted by molar-refractivity contribution is 5.59. The number of anilines is 1. The standard InChI is InChI=1S/C11H13N3O2/c1-8(2)7-13-10-4-3-9(6-12)11(5-10)14(15)16/h3-5,8,13H,7H2,1-2H3. The maximum absolute atomic E-state index is 10.7. The summed E-state index contributed by atoms with van der Waals surface area (Å²) in [6.45, 7) is 4.83. The molecule has 5 nitrogen and oxygen atoms in total. The molecule has 16 heavy (non-hydrogen) atoms. The van der Waals surface area contributed by atoms with Crippen molar-refractivity contribution in [2.75, 3.05) is 11.9 Å². The fourth-order valence-corrected chi connectivity index (χ4v) is 1.21. The van der Waals surface area contributed by atoms with Gasteiger partial charge in [-0.2, -0.15) is 5.26 Å². The average Bonchev–Trinajstić information content (AvgIpc) is 2.25. The lowest BCUT2D eigenvalue weighted by atomic mass is 10.1. The minimum absolute atomic E-state index is 0.0834. The molecule has 0 aliphatic rings. The van der Waals surface area contributed by atoms with Gasteiger partial charge in [-0.15, -0.1) is 0 Å². The molecular formula is C11H13N3O2. The summed E-state index contributed by atoms with van der Waals surface area (Å²) < 4.78 is 0. The Morgan fingerprint density at radius 3 is 2.75 bits per heavy atom. The third kappa shape index (κ3) is 2.95. The van der Waals surface area contributed by atoms with Gasteiger partial charge in [0, 0.05) is 18.3 Å². The molecule has 0 saturated heterocycles. The smallest absolute Gasteiger partial charge is 0.289 e. The lowest BCUT2D eigenvalue weighted by molar-refractivity contribution is -0.385. The summed E-state index contributed by atoms with van der Waals surface area (Å²) in [6.07, 6.45) is 0. The first-order valence-corrected chi connectivity index (χ1v) is 4.97.